The number of benzene rings is 3. The highest BCUT2D eigenvalue weighted by atomic mass is 35.5. The minimum Gasteiger partial charge on any atom is -0.345 e. The van der Waals surface area contributed by atoms with E-state index in [-0.39, 0.29) is 0 Å². The fourth-order valence-corrected chi connectivity index (χ4v) is 2.86. The van der Waals surface area contributed by atoms with Gasteiger partial charge in [-0.1, -0.05) is 48.0 Å². The van der Waals surface area contributed by atoms with Crippen molar-refractivity contribution in [2.45, 2.75) is 0 Å². The van der Waals surface area contributed by atoms with Gasteiger partial charge in [-0.15, -0.1) is 0 Å². The number of H-pyrrole nitrogens is 1. The summed E-state index contributed by atoms with van der Waals surface area (Å²) in [6.45, 7) is 0. The standard InChI is InChI=1S/C17H11ClN2/c18-14-7-8-15-17(20-10-19-15)16(14)13-6-5-11-3-1-2-4-12(11)9-13/h1-10H,(H,19,20). The summed E-state index contributed by atoms with van der Waals surface area (Å²) in [5.74, 6) is 0. The van der Waals surface area contributed by atoms with Crippen LogP contribution >= 0.6 is 11.6 Å². The molecule has 96 valence electrons. The van der Waals surface area contributed by atoms with Gasteiger partial charge in [-0.25, -0.2) is 4.98 Å². The summed E-state index contributed by atoms with van der Waals surface area (Å²) in [6.07, 6.45) is 1.70. The van der Waals surface area contributed by atoms with Gasteiger partial charge in [-0.3, -0.25) is 0 Å². The molecule has 2 nitrogen and oxygen atoms in total. The first-order valence-corrected chi connectivity index (χ1v) is 6.81. The van der Waals surface area contributed by atoms with Gasteiger partial charge in [0, 0.05) is 5.56 Å². The molecular formula is C17H11ClN2. The van der Waals surface area contributed by atoms with Crippen molar-refractivity contribution in [3.05, 3.63) is 65.9 Å². The van der Waals surface area contributed by atoms with Crippen LogP contribution in [-0.2, 0) is 0 Å². The fourth-order valence-electron chi connectivity index (χ4n) is 2.60. The van der Waals surface area contributed by atoms with E-state index in [0.29, 0.717) is 0 Å². The van der Waals surface area contributed by atoms with Gasteiger partial charge in [0.2, 0.25) is 0 Å². The molecule has 0 spiro atoms. The van der Waals surface area contributed by atoms with Gasteiger partial charge in [0.15, 0.2) is 0 Å². The number of nitrogens with one attached hydrogen (secondary N) is 1. The van der Waals surface area contributed by atoms with Crippen LogP contribution in [0.4, 0.5) is 0 Å². The molecule has 0 aliphatic heterocycles. The maximum atomic E-state index is 6.39. The first-order chi connectivity index (χ1) is 9.83. The highest BCUT2D eigenvalue weighted by Gasteiger charge is 2.11. The quantitative estimate of drug-likeness (QED) is 0.519. The van der Waals surface area contributed by atoms with Crippen molar-refractivity contribution in [3.63, 3.8) is 0 Å². The van der Waals surface area contributed by atoms with Crippen molar-refractivity contribution < 1.29 is 0 Å². The highest BCUT2D eigenvalue weighted by molar-refractivity contribution is 6.34. The van der Waals surface area contributed by atoms with E-state index in [1.165, 1.54) is 10.8 Å². The van der Waals surface area contributed by atoms with Crippen molar-refractivity contribution in [1.82, 2.24) is 9.97 Å². The first kappa shape index (κ1) is 11.5. The van der Waals surface area contributed by atoms with Crippen molar-refractivity contribution >= 4 is 33.4 Å². The summed E-state index contributed by atoms with van der Waals surface area (Å²) in [4.78, 5) is 7.52. The lowest BCUT2D eigenvalue weighted by Gasteiger charge is -2.07. The number of aromatic amines is 1. The van der Waals surface area contributed by atoms with Crippen LogP contribution < -0.4 is 0 Å². The van der Waals surface area contributed by atoms with Gasteiger partial charge in [0.25, 0.3) is 0 Å². The molecular weight excluding hydrogens is 268 g/mol. The van der Waals surface area contributed by atoms with Crippen molar-refractivity contribution in [2.24, 2.45) is 0 Å². The largest absolute Gasteiger partial charge is 0.345 e. The Hall–Kier alpha value is -2.32. The maximum absolute atomic E-state index is 6.39. The topological polar surface area (TPSA) is 28.7 Å². The molecule has 0 unspecified atom stereocenters. The Morgan fingerprint density at radius 1 is 0.900 bits per heavy atom. The van der Waals surface area contributed by atoms with Crippen molar-refractivity contribution in [1.29, 1.82) is 0 Å². The lowest BCUT2D eigenvalue weighted by atomic mass is 10.00. The monoisotopic (exact) mass is 278 g/mol. The van der Waals surface area contributed by atoms with E-state index in [1.54, 1.807) is 6.33 Å². The van der Waals surface area contributed by atoms with E-state index < -0.39 is 0 Å². The van der Waals surface area contributed by atoms with Crippen LogP contribution in [0, 0.1) is 0 Å². The molecule has 1 heterocycles. The molecule has 0 fully saturated rings. The molecule has 0 amide bonds. The van der Waals surface area contributed by atoms with Crippen LogP contribution in [0.15, 0.2) is 60.9 Å². The Labute approximate surface area is 121 Å². The number of nitrogens with zero attached hydrogens (tertiary/aromatic N) is 1. The Morgan fingerprint density at radius 2 is 1.75 bits per heavy atom. The van der Waals surface area contributed by atoms with E-state index in [1.807, 2.05) is 24.3 Å². The summed E-state index contributed by atoms with van der Waals surface area (Å²) in [5.41, 5.74) is 3.98. The summed E-state index contributed by atoms with van der Waals surface area (Å²) < 4.78 is 0. The molecule has 0 radical (unpaired) electrons. The van der Waals surface area contributed by atoms with Gasteiger partial charge in [0.05, 0.1) is 22.4 Å². The Balaban J connectivity index is 2.05. The number of halogens is 1. The zero-order valence-electron chi connectivity index (χ0n) is 10.6. The zero-order valence-corrected chi connectivity index (χ0v) is 11.4. The second kappa shape index (κ2) is 4.36. The minimum absolute atomic E-state index is 0.722. The fraction of sp³-hybridized carbons (Fsp3) is 0. The molecule has 0 aliphatic rings. The molecule has 0 saturated carbocycles. The van der Waals surface area contributed by atoms with E-state index in [4.69, 9.17) is 11.6 Å². The second-order valence-electron chi connectivity index (χ2n) is 4.78. The number of hydrogen-bond donors (Lipinski definition) is 1. The normalized spacial score (nSPS) is 11.2. The van der Waals surface area contributed by atoms with Gasteiger partial charge < -0.3 is 4.98 Å². The van der Waals surface area contributed by atoms with E-state index in [2.05, 4.69) is 40.3 Å². The number of aromatic nitrogens is 2. The number of fused-ring (bicyclic) bond motifs is 2. The van der Waals surface area contributed by atoms with Crippen molar-refractivity contribution in [3.8, 4) is 11.1 Å². The average Bonchev–Trinajstić information content (AvgIpc) is 2.95. The Kier molecular flexibility index (Phi) is 2.51. The predicted octanol–water partition coefficient (Wildman–Crippen LogP) is 5.04. The van der Waals surface area contributed by atoms with Crippen LogP contribution in [-0.4, -0.2) is 9.97 Å². The van der Waals surface area contributed by atoms with Crippen LogP contribution in [0.25, 0.3) is 32.9 Å². The van der Waals surface area contributed by atoms with Crippen molar-refractivity contribution in [2.75, 3.05) is 0 Å². The summed E-state index contributed by atoms with van der Waals surface area (Å²) in [6, 6.07) is 18.5. The molecule has 4 aromatic rings. The number of hydrogen-bond acceptors (Lipinski definition) is 1. The molecule has 20 heavy (non-hydrogen) atoms. The van der Waals surface area contributed by atoms with Crippen LogP contribution in [0.1, 0.15) is 0 Å². The van der Waals surface area contributed by atoms with Gasteiger partial charge in [-0.2, -0.15) is 0 Å². The van der Waals surface area contributed by atoms with E-state index >= 15 is 0 Å². The molecule has 0 atom stereocenters. The predicted molar refractivity (Wildman–Crippen MR) is 84.0 cm³/mol. The SMILES string of the molecule is Clc1ccc2[nH]cnc2c1-c1ccc2ccccc2c1. The van der Waals surface area contributed by atoms with Crippen LogP contribution in [0.3, 0.4) is 0 Å². The summed E-state index contributed by atoms with van der Waals surface area (Å²) in [7, 11) is 0. The molecule has 3 aromatic carbocycles. The van der Waals surface area contributed by atoms with E-state index in [0.717, 1.165) is 27.2 Å². The average molecular weight is 279 g/mol. The van der Waals surface area contributed by atoms with Gasteiger partial charge in [0.1, 0.15) is 0 Å². The van der Waals surface area contributed by atoms with E-state index in [9.17, 15) is 0 Å². The summed E-state index contributed by atoms with van der Waals surface area (Å²) >= 11 is 6.39. The maximum Gasteiger partial charge on any atom is 0.0975 e. The lowest BCUT2D eigenvalue weighted by molar-refractivity contribution is 1.34. The Morgan fingerprint density at radius 3 is 2.65 bits per heavy atom. The molecule has 0 saturated heterocycles. The molecule has 4 rings (SSSR count). The van der Waals surface area contributed by atoms with Crippen LogP contribution in [0.2, 0.25) is 5.02 Å². The molecule has 3 heteroatoms. The minimum atomic E-state index is 0.722. The lowest BCUT2D eigenvalue weighted by Crippen LogP contribution is -1.83. The third kappa shape index (κ3) is 1.69. The van der Waals surface area contributed by atoms with Gasteiger partial charge >= 0.3 is 0 Å². The third-order valence-corrected chi connectivity index (χ3v) is 3.89. The third-order valence-electron chi connectivity index (χ3n) is 3.58. The van der Waals surface area contributed by atoms with Crippen LogP contribution in [0.5, 0.6) is 0 Å². The molecule has 0 bridgehead atoms. The first-order valence-electron chi connectivity index (χ1n) is 6.44. The number of rotatable bonds is 1. The molecule has 1 N–H and O–H groups in total. The molecule has 0 aliphatic carbocycles. The number of imidazole rings is 1. The summed E-state index contributed by atoms with van der Waals surface area (Å²) in [5, 5.41) is 3.15. The molecule has 1 aromatic heterocycles. The second-order valence-corrected chi connectivity index (χ2v) is 5.19. The highest BCUT2D eigenvalue weighted by Crippen LogP contribution is 2.35. The smallest absolute Gasteiger partial charge is 0.0975 e. The Bertz CT molecular complexity index is 924. The van der Waals surface area contributed by atoms with Gasteiger partial charge in [-0.05, 0) is 34.5 Å². The zero-order chi connectivity index (χ0) is 13.5.